The van der Waals surface area contributed by atoms with E-state index in [1.807, 2.05) is 20.2 Å². The lowest BCUT2D eigenvalue weighted by Crippen LogP contribution is -2.17. The van der Waals surface area contributed by atoms with Crippen LogP contribution in [0.1, 0.15) is 54.7 Å². The quantitative estimate of drug-likeness (QED) is 0.858. The van der Waals surface area contributed by atoms with Crippen LogP contribution >= 0.6 is 0 Å². The van der Waals surface area contributed by atoms with Gasteiger partial charge in [-0.15, -0.1) is 0 Å². The van der Waals surface area contributed by atoms with Gasteiger partial charge in [-0.2, -0.15) is 0 Å². The van der Waals surface area contributed by atoms with Crippen LogP contribution < -0.4 is 5.32 Å². The second-order valence-electron chi connectivity index (χ2n) is 5.19. The normalized spacial score (nSPS) is 14.3. The number of benzene rings is 1. The second-order valence-corrected chi connectivity index (χ2v) is 5.19. The van der Waals surface area contributed by atoms with Crippen LogP contribution in [0.2, 0.25) is 0 Å². The van der Waals surface area contributed by atoms with Crippen LogP contribution in [0.4, 0.5) is 0 Å². The van der Waals surface area contributed by atoms with Gasteiger partial charge in [0.2, 0.25) is 0 Å². The lowest BCUT2D eigenvalue weighted by molar-refractivity contribution is 0.528. The van der Waals surface area contributed by atoms with Gasteiger partial charge in [-0.05, 0) is 43.5 Å². The number of hydrogen-bond acceptors (Lipinski definition) is 2. The number of hydrogen-bond donors (Lipinski definition) is 1. The highest BCUT2D eigenvalue weighted by Gasteiger charge is 2.14. The molecule has 0 saturated carbocycles. The summed E-state index contributed by atoms with van der Waals surface area (Å²) in [6, 6.07) is 11.2. The molecule has 2 heteroatoms. The lowest BCUT2D eigenvalue weighted by Gasteiger charge is -2.16. The summed E-state index contributed by atoms with van der Waals surface area (Å²) in [6.07, 6.45) is 3.01. The maximum Gasteiger partial charge on any atom is 0.101 e. The molecule has 1 aromatic carbocycles. The van der Waals surface area contributed by atoms with Crippen molar-refractivity contribution in [2.75, 3.05) is 7.05 Å². The zero-order valence-electron chi connectivity index (χ0n) is 12.2. The minimum Gasteiger partial charge on any atom is -0.469 e. The van der Waals surface area contributed by atoms with Gasteiger partial charge in [-0.1, -0.05) is 38.1 Å². The third-order valence-electron chi connectivity index (χ3n) is 3.82. The zero-order chi connectivity index (χ0) is 13.8. The molecule has 1 N–H and O–H groups in total. The Kier molecular flexibility index (Phi) is 4.43. The molecule has 2 nitrogen and oxygen atoms in total. The molecule has 0 spiro atoms. The first-order valence-corrected chi connectivity index (χ1v) is 6.97. The van der Waals surface area contributed by atoms with Crippen molar-refractivity contribution in [3.8, 4) is 0 Å². The summed E-state index contributed by atoms with van der Waals surface area (Å²) in [5, 5.41) is 3.35. The Morgan fingerprint density at radius 3 is 2.21 bits per heavy atom. The monoisotopic (exact) mass is 257 g/mol. The molecule has 1 aromatic heterocycles. The van der Waals surface area contributed by atoms with Gasteiger partial charge in [0.25, 0.3) is 0 Å². The van der Waals surface area contributed by atoms with E-state index in [-0.39, 0.29) is 6.04 Å². The average molecular weight is 257 g/mol. The highest BCUT2D eigenvalue weighted by atomic mass is 16.3. The molecule has 102 valence electrons. The molecule has 1 heterocycles. The maximum atomic E-state index is 5.41. The van der Waals surface area contributed by atoms with Gasteiger partial charge in [0.1, 0.15) is 5.76 Å². The van der Waals surface area contributed by atoms with Crippen LogP contribution in [0.25, 0.3) is 0 Å². The predicted molar refractivity (Wildman–Crippen MR) is 79.5 cm³/mol. The van der Waals surface area contributed by atoms with Gasteiger partial charge < -0.3 is 9.73 Å². The average Bonchev–Trinajstić information content (AvgIpc) is 2.86. The van der Waals surface area contributed by atoms with Gasteiger partial charge in [0.05, 0.1) is 12.3 Å². The molecular formula is C17H23NO. The Morgan fingerprint density at radius 2 is 1.74 bits per heavy atom. The summed E-state index contributed by atoms with van der Waals surface area (Å²) in [6.45, 7) is 6.47. The van der Waals surface area contributed by atoms with Crippen LogP contribution in [-0.4, -0.2) is 7.05 Å². The number of furan rings is 1. The van der Waals surface area contributed by atoms with Crippen LogP contribution in [0.15, 0.2) is 41.0 Å². The van der Waals surface area contributed by atoms with E-state index in [0.717, 1.165) is 5.76 Å². The van der Waals surface area contributed by atoms with Crippen molar-refractivity contribution in [3.63, 3.8) is 0 Å². The Labute approximate surface area is 115 Å². The van der Waals surface area contributed by atoms with E-state index in [2.05, 4.69) is 49.5 Å². The van der Waals surface area contributed by atoms with Crippen molar-refractivity contribution >= 4 is 0 Å². The molecule has 0 saturated heterocycles. The molecule has 0 fully saturated rings. The summed E-state index contributed by atoms with van der Waals surface area (Å²) in [5.41, 5.74) is 3.86. The van der Waals surface area contributed by atoms with Crippen LogP contribution in [0, 0.1) is 6.92 Å². The molecule has 0 radical (unpaired) electrons. The van der Waals surface area contributed by atoms with E-state index >= 15 is 0 Å². The first-order valence-electron chi connectivity index (χ1n) is 6.97. The highest BCUT2D eigenvalue weighted by molar-refractivity contribution is 5.33. The van der Waals surface area contributed by atoms with Crippen LogP contribution in [0.5, 0.6) is 0 Å². The lowest BCUT2D eigenvalue weighted by atomic mass is 9.94. The maximum absolute atomic E-state index is 5.41. The Bertz CT molecular complexity index is 512. The van der Waals surface area contributed by atoms with E-state index in [4.69, 9.17) is 4.42 Å². The van der Waals surface area contributed by atoms with Gasteiger partial charge in [0.15, 0.2) is 0 Å². The largest absolute Gasteiger partial charge is 0.469 e. The second kappa shape index (κ2) is 6.07. The highest BCUT2D eigenvalue weighted by Crippen LogP contribution is 2.26. The molecule has 0 aliphatic rings. The minimum atomic E-state index is 0.198. The summed E-state index contributed by atoms with van der Waals surface area (Å²) in [7, 11) is 1.98. The van der Waals surface area contributed by atoms with Crippen LogP contribution in [-0.2, 0) is 0 Å². The predicted octanol–water partition coefficient (Wildman–Crippen LogP) is 4.41. The first-order chi connectivity index (χ1) is 9.15. The van der Waals surface area contributed by atoms with Crippen molar-refractivity contribution in [1.29, 1.82) is 0 Å². The van der Waals surface area contributed by atoms with Crippen molar-refractivity contribution in [2.24, 2.45) is 0 Å². The first kappa shape index (κ1) is 13.9. The van der Waals surface area contributed by atoms with E-state index in [1.165, 1.54) is 23.1 Å². The fourth-order valence-corrected chi connectivity index (χ4v) is 2.39. The number of rotatable bonds is 5. The molecule has 19 heavy (non-hydrogen) atoms. The topological polar surface area (TPSA) is 25.2 Å². The van der Waals surface area contributed by atoms with Crippen molar-refractivity contribution in [2.45, 2.75) is 39.2 Å². The van der Waals surface area contributed by atoms with E-state index in [1.54, 1.807) is 0 Å². The van der Waals surface area contributed by atoms with Gasteiger partial charge in [-0.3, -0.25) is 0 Å². The molecule has 2 rings (SSSR count). The van der Waals surface area contributed by atoms with Gasteiger partial charge in [0, 0.05) is 5.56 Å². The molecule has 0 amide bonds. The summed E-state index contributed by atoms with van der Waals surface area (Å²) in [4.78, 5) is 0. The SMILES string of the molecule is CCC(C)c1ccc(C(NC)c2coc(C)c2)cc1. The molecule has 2 atom stereocenters. The minimum absolute atomic E-state index is 0.198. The molecule has 0 aliphatic carbocycles. The van der Waals surface area contributed by atoms with Crippen molar-refractivity contribution < 1.29 is 4.42 Å². The smallest absolute Gasteiger partial charge is 0.101 e. The Balaban J connectivity index is 2.24. The molecule has 0 aliphatic heterocycles. The number of aryl methyl sites for hydroxylation is 1. The molecule has 0 bridgehead atoms. The summed E-state index contributed by atoms with van der Waals surface area (Å²) >= 11 is 0. The van der Waals surface area contributed by atoms with E-state index < -0.39 is 0 Å². The fourth-order valence-electron chi connectivity index (χ4n) is 2.39. The fraction of sp³-hybridized carbons (Fsp3) is 0.412. The Hall–Kier alpha value is -1.54. The number of nitrogens with one attached hydrogen (secondary N) is 1. The summed E-state index contributed by atoms with van der Waals surface area (Å²) < 4.78 is 5.41. The van der Waals surface area contributed by atoms with Crippen LogP contribution in [0.3, 0.4) is 0 Å². The van der Waals surface area contributed by atoms with Gasteiger partial charge in [-0.25, -0.2) is 0 Å². The third-order valence-corrected chi connectivity index (χ3v) is 3.82. The van der Waals surface area contributed by atoms with Crippen molar-refractivity contribution in [3.05, 3.63) is 59.0 Å². The standard InChI is InChI=1S/C17H23NO/c1-5-12(2)14-6-8-15(9-7-14)17(18-4)16-10-13(3)19-11-16/h6-12,17-18H,5H2,1-4H3. The molecular weight excluding hydrogens is 234 g/mol. The van der Waals surface area contributed by atoms with Crippen molar-refractivity contribution in [1.82, 2.24) is 5.32 Å². The molecule has 2 unspecified atom stereocenters. The van der Waals surface area contributed by atoms with E-state index in [9.17, 15) is 0 Å². The van der Waals surface area contributed by atoms with E-state index in [0.29, 0.717) is 5.92 Å². The Morgan fingerprint density at radius 1 is 1.11 bits per heavy atom. The van der Waals surface area contributed by atoms with Gasteiger partial charge >= 0.3 is 0 Å². The summed E-state index contributed by atoms with van der Waals surface area (Å²) in [5.74, 6) is 1.57. The third kappa shape index (κ3) is 3.07. The molecule has 2 aromatic rings. The zero-order valence-corrected chi connectivity index (χ0v) is 12.2.